The Hall–Kier alpha value is -0.430. The molecule has 1 aliphatic heterocycles. The van der Waals surface area contributed by atoms with Gasteiger partial charge < -0.3 is 14.7 Å². The highest BCUT2D eigenvalue weighted by Crippen LogP contribution is 2.32. The molecule has 2 atom stereocenters. The van der Waals surface area contributed by atoms with Gasteiger partial charge in [0.1, 0.15) is 6.10 Å². The Bertz CT molecular complexity index is 389. The second-order valence-corrected chi connectivity index (χ2v) is 5.83. The minimum Gasteiger partial charge on any atom is -0.386 e. The van der Waals surface area contributed by atoms with E-state index in [9.17, 15) is 5.11 Å². The average molecular weight is 318 g/mol. The number of rotatable bonds is 5. The fourth-order valence-corrected chi connectivity index (χ4v) is 2.69. The molecule has 1 N–H and O–H groups in total. The first-order valence-corrected chi connectivity index (χ1v) is 7.00. The minimum atomic E-state index is -0.508. The van der Waals surface area contributed by atoms with Gasteiger partial charge in [0.2, 0.25) is 0 Å². The number of nitrogens with zero attached hydrogens (tertiary/aromatic N) is 3. The number of hydrogen-bond donors (Lipinski definition) is 1. The molecule has 0 aliphatic carbocycles. The van der Waals surface area contributed by atoms with Crippen LogP contribution in [0.25, 0.3) is 0 Å². The number of aliphatic hydroxyl groups is 1. The van der Waals surface area contributed by atoms with Gasteiger partial charge in [-0.1, -0.05) is 0 Å². The third-order valence-corrected chi connectivity index (χ3v) is 3.89. The van der Waals surface area contributed by atoms with Gasteiger partial charge in [0.05, 0.1) is 29.5 Å². The SMILES string of the molecule is CN(C)CCn1ncc(Br)c1C(O)C1CCOC1. The summed E-state index contributed by atoms with van der Waals surface area (Å²) in [6.45, 7) is 3.05. The molecule has 0 aromatic carbocycles. The predicted octanol–water partition coefficient (Wildman–Crippen LogP) is 1.28. The molecule has 1 aromatic heterocycles. The van der Waals surface area contributed by atoms with Crippen molar-refractivity contribution in [2.75, 3.05) is 33.9 Å². The molecule has 1 aromatic rings. The molecule has 0 spiro atoms. The molecule has 0 amide bonds. The summed E-state index contributed by atoms with van der Waals surface area (Å²) in [7, 11) is 4.05. The molecule has 0 radical (unpaired) electrons. The number of likely N-dealkylation sites (N-methyl/N-ethyl adjacent to an activating group) is 1. The fourth-order valence-electron chi connectivity index (χ4n) is 2.16. The van der Waals surface area contributed by atoms with E-state index in [1.54, 1.807) is 6.20 Å². The molecule has 6 heteroatoms. The Kier molecular flexibility index (Phi) is 4.77. The lowest BCUT2D eigenvalue weighted by atomic mass is 9.99. The van der Waals surface area contributed by atoms with Crippen molar-refractivity contribution in [1.82, 2.24) is 14.7 Å². The summed E-state index contributed by atoms with van der Waals surface area (Å²) in [5.41, 5.74) is 0.868. The van der Waals surface area contributed by atoms with Crippen molar-refractivity contribution in [1.29, 1.82) is 0 Å². The smallest absolute Gasteiger partial charge is 0.102 e. The van der Waals surface area contributed by atoms with E-state index in [0.29, 0.717) is 6.61 Å². The normalized spacial score (nSPS) is 21.7. The van der Waals surface area contributed by atoms with Crippen molar-refractivity contribution in [3.63, 3.8) is 0 Å². The lowest BCUT2D eigenvalue weighted by molar-refractivity contribution is 0.0835. The molecule has 102 valence electrons. The van der Waals surface area contributed by atoms with Crippen molar-refractivity contribution in [2.24, 2.45) is 5.92 Å². The molecular formula is C12H20BrN3O2. The third-order valence-electron chi connectivity index (χ3n) is 3.28. The van der Waals surface area contributed by atoms with Gasteiger partial charge >= 0.3 is 0 Å². The Balaban J connectivity index is 2.12. The van der Waals surface area contributed by atoms with Gasteiger partial charge in [0, 0.05) is 19.1 Å². The number of halogens is 1. The zero-order chi connectivity index (χ0) is 13.1. The van der Waals surface area contributed by atoms with Crippen LogP contribution in [0, 0.1) is 5.92 Å². The quantitative estimate of drug-likeness (QED) is 0.888. The molecule has 0 bridgehead atoms. The molecule has 1 aliphatic rings. The summed E-state index contributed by atoms with van der Waals surface area (Å²) in [4.78, 5) is 2.10. The van der Waals surface area contributed by atoms with E-state index >= 15 is 0 Å². The average Bonchev–Trinajstić information content (AvgIpc) is 2.94. The van der Waals surface area contributed by atoms with Crippen molar-refractivity contribution < 1.29 is 9.84 Å². The van der Waals surface area contributed by atoms with Crippen LogP contribution in [-0.4, -0.2) is 53.6 Å². The van der Waals surface area contributed by atoms with Crippen LogP contribution in [-0.2, 0) is 11.3 Å². The molecule has 1 saturated heterocycles. The molecule has 0 saturated carbocycles. The zero-order valence-corrected chi connectivity index (χ0v) is 12.4. The standard InChI is InChI=1S/C12H20BrN3O2/c1-15(2)4-5-16-11(10(13)7-14-16)12(17)9-3-6-18-8-9/h7,9,12,17H,3-6,8H2,1-2H3. The summed E-state index contributed by atoms with van der Waals surface area (Å²) in [6.07, 6.45) is 2.16. The summed E-state index contributed by atoms with van der Waals surface area (Å²) < 4.78 is 8.10. The van der Waals surface area contributed by atoms with Gasteiger partial charge in [-0.05, 0) is 36.4 Å². The van der Waals surface area contributed by atoms with Crippen LogP contribution in [0.4, 0.5) is 0 Å². The topological polar surface area (TPSA) is 50.5 Å². The van der Waals surface area contributed by atoms with Crippen LogP contribution >= 0.6 is 15.9 Å². The van der Waals surface area contributed by atoms with Crippen LogP contribution in [0.1, 0.15) is 18.2 Å². The summed E-state index contributed by atoms with van der Waals surface area (Å²) in [5, 5.41) is 14.8. The van der Waals surface area contributed by atoms with Crippen molar-refractivity contribution in [3.8, 4) is 0 Å². The zero-order valence-electron chi connectivity index (χ0n) is 10.8. The highest BCUT2D eigenvalue weighted by atomic mass is 79.9. The fraction of sp³-hybridized carbons (Fsp3) is 0.750. The lowest BCUT2D eigenvalue weighted by Crippen LogP contribution is -2.23. The Morgan fingerprint density at radius 1 is 1.67 bits per heavy atom. The number of ether oxygens (including phenoxy) is 1. The van der Waals surface area contributed by atoms with Gasteiger partial charge in [0.15, 0.2) is 0 Å². The van der Waals surface area contributed by atoms with Crippen molar-refractivity contribution in [3.05, 3.63) is 16.4 Å². The van der Waals surface area contributed by atoms with Crippen molar-refractivity contribution >= 4 is 15.9 Å². The highest BCUT2D eigenvalue weighted by molar-refractivity contribution is 9.10. The summed E-state index contributed by atoms with van der Waals surface area (Å²) in [6, 6.07) is 0. The molecule has 1 fully saturated rings. The predicted molar refractivity (Wildman–Crippen MR) is 72.4 cm³/mol. The third kappa shape index (κ3) is 3.12. The minimum absolute atomic E-state index is 0.177. The molecule has 2 rings (SSSR count). The first-order valence-electron chi connectivity index (χ1n) is 6.21. The van der Waals surface area contributed by atoms with E-state index in [1.165, 1.54) is 0 Å². The van der Waals surface area contributed by atoms with Crippen LogP contribution < -0.4 is 0 Å². The van der Waals surface area contributed by atoms with Crippen LogP contribution in [0.15, 0.2) is 10.7 Å². The molecule has 5 nitrogen and oxygen atoms in total. The largest absolute Gasteiger partial charge is 0.386 e. The Labute approximate surface area is 116 Å². The van der Waals surface area contributed by atoms with E-state index in [4.69, 9.17) is 4.74 Å². The van der Waals surface area contributed by atoms with Crippen molar-refractivity contribution in [2.45, 2.75) is 19.1 Å². The van der Waals surface area contributed by atoms with Crippen LogP contribution in [0.5, 0.6) is 0 Å². The van der Waals surface area contributed by atoms with Gasteiger partial charge in [-0.15, -0.1) is 0 Å². The second kappa shape index (κ2) is 6.14. The molecule has 2 heterocycles. The summed E-state index contributed by atoms with van der Waals surface area (Å²) >= 11 is 3.47. The molecule has 2 unspecified atom stereocenters. The van der Waals surface area contributed by atoms with E-state index < -0.39 is 6.10 Å². The maximum atomic E-state index is 10.5. The van der Waals surface area contributed by atoms with Crippen LogP contribution in [0.2, 0.25) is 0 Å². The number of aromatic nitrogens is 2. The lowest BCUT2D eigenvalue weighted by Gasteiger charge is -2.19. The van der Waals surface area contributed by atoms with Gasteiger partial charge in [-0.25, -0.2) is 0 Å². The van der Waals surface area contributed by atoms with E-state index in [2.05, 4.69) is 25.9 Å². The summed E-state index contributed by atoms with van der Waals surface area (Å²) in [5.74, 6) is 0.177. The first kappa shape index (κ1) is 14.0. The number of hydrogen-bond acceptors (Lipinski definition) is 4. The monoisotopic (exact) mass is 317 g/mol. The van der Waals surface area contributed by atoms with Gasteiger partial charge in [0.25, 0.3) is 0 Å². The Morgan fingerprint density at radius 2 is 2.44 bits per heavy atom. The molecule has 18 heavy (non-hydrogen) atoms. The highest BCUT2D eigenvalue weighted by Gasteiger charge is 2.29. The molecular weight excluding hydrogens is 298 g/mol. The second-order valence-electron chi connectivity index (χ2n) is 4.97. The van der Waals surface area contributed by atoms with Gasteiger partial charge in [-0.2, -0.15) is 5.10 Å². The maximum absolute atomic E-state index is 10.5. The van der Waals surface area contributed by atoms with Crippen LogP contribution in [0.3, 0.4) is 0 Å². The maximum Gasteiger partial charge on any atom is 0.102 e. The van der Waals surface area contributed by atoms with E-state index in [0.717, 1.165) is 36.3 Å². The Morgan fingerprint density at radius 3 is 3.06 bits per heavy atom. The first-order chi connectivity index (χ1) is 8.59. The van der Waals surface area contributed by atoms with E-state index in [1.807, 2.05) is 18.8 Å². The number of aliphatic hydroxyl groups excluding tert-OH is 1. The van der Waals surface area contributed by atoms with E-state index in [-0.39, 0.29) is 5.92 Å². The van der Waals surface area contributed by atoms with Gasteiger partial charge in [-0.3, -0.25) is 4.68 Å².